The summed E-state index contributed by atoms with van der Waals surface area (Å²) in [5.41, 5.74) is -0.747. The van der Waals surface area contributed by atoms with Crippen molar-refractivity contribution in [3.63, 3.8) is 0 Å². The molecule has 1 atom stereocenters. The van der Waals surface area contributed by atoms with Crippen molar-refractivity contribution < 1.29 is 22.7 Å². The van der Waals surface area contributed by atoms with Crippen molar-refractivity contribution in [2.45, 2.75) is 37.9 Å². The van der Waals surface area contributed by atoms with Crippen LogP contribution in [-0.4, -0.2) is 24.3 Å². The highest BCUT2D eigenvalue weighted by molar-refractivity contribution is 5.51. The first-order chi connectivity index (χ1) is 9.43. The lowest BCUT2D eigenvalue weighted by Gasteiger charge is -2.27. The molecule has 1 aromatic carbocycles. The van der Waals surface area contributed by atoms with Gasteiger partial charge in [-0.3, -0.25) is 0 Å². The van der Waals surface area contributed by atoms with Crippen molar-refractivity contribution in [3.8, 4) is 0 Å². The van der Waals surface area contributed by atoms with Gasteiger partial charge in [-0.15, -0.1) is 0 Å². The van der Waals surface area contributed by atoms with Gasteiger partial charge < -0.3 is 10.0 Å². The van der Waals surface area contributed by atoms with Crippen molar-refractivity contribution in [2.24, 2.45) is 0 Å². The van der Waals surface area contributed by atoms with Gasteiger partial charge in [0.05, 0.1) is 11.3 Å². The van der Waals surface area contributed by atoms with Crippen molar-refractivity contribution in [3.05, 3.63) is 29.6 Å². The Labute approximate surface area is 115 Å². The van der Waals surface area contributed by atoms with Crippen LogP contribution in [0.3, 0.4) is 0 Å². The van der Waals surface area contributed by atoms with Crippen LogP contribution in [-0.2, 0) is 6.18 Å². The van der Waals surface area contributed by atoms with Crippen LogP contribution in [0, 0.1) is 5.82 Å². The molecule has 112 valence electrons. The van der Waals surface area contributed by atoms with E-state index < -0.39 is 17.6 Å². The highest BCUT2D eigenvalue weighted by atomic mass is 19.4. The summed E-state index contributed by atoms with van der Waals surface area (Å²) in [6.07, 6.45) is -1.43. The van der Waals surface area contributed by atoms with Crippen molar-refractivity contribution in [1.29, 1.82) is 0 Å². The lowest BCUT2D eigenvalue weighted by molar-refractivity contribution is -0.137. The lowest BCUT2D eigenvalue weighted by atomic mass is 10.1. The summed E-state index contributed by atoms with van der Waals surface area (Å²) >= 11 is 0. The molecule has 0 aromatic heterocycles. The lowest BCUT2D eigenvalue weighted by Crippen LogP contribution is -2.30. The highest BCUT2D eigenvalue weighted by Gasteiger charge is 2.33. The van der Waals surface area contributed by atoms with Crippen molar-refractivity contribution in [1.82, 2.24) is 0 Å². The molecule has 0 spiro atoms. The maximum absolute atomic E-state index is 13.9. The number of rotatable bonds is 4. The molecule has 2 nitrogen and oxygen atoms in total. The van der Waals surface area contributed by atoms with Crippen molar-refractivity contribution >= 4 is 5.69 Å². The van der Waals surface area contributed by atoms with Gasteiger partial charge in [-0.2, -0.15) is 13.2 Å². The second kappa shape index (κ2) is 5.99. The minimum Gasteiger partial charge on any atom is -0.396 e. The van der Waals surface area contributed by atoms with Gasteiger partial charge in [-0.05, 0) is 43.9 Å². The number of halogens is 4. The Bertz CT molecular complexity index is 461. The van der Waals surface area contributed by atoms with E-state index in [1.165, 1.54) is 6.07 Å². The van der Waals surface area contributed by atoms with E-state index in [-0.39, 0.29) is 18.3 Å². The van der Waals surface area contributed by atoms with E-state index in [0.717, 1.165) is 25.3 Å². The number of nitrogens with zero attached hydrogens (tertiary/aromatic N) is 1. The number of alkyl halides is 3. The summed E-state index contributed by atoms with van der Waals surface area (Å²) in [4.78, 5) is 1.81. The molecule has 2 rings (SSSR count). The second-order valence-corrected chi connectivity index (χ2v) is 5.02. The molecule has 0 aliphatic carbocycles. The minimum atomic E-state index is -4.53. The molecular formula is C14H17F4NO. The molecule has 6 heteroatoms. The Morgan fingerprint density at radius 1 is 1.30 bits per heavy atom. The number of hydrogen-bond acceptors (Lipinski definition) is 2. The molecule has 20 heavy (non-hydrogen) atoms. The molecule has 1 N–H and O–H groups in total. The zero-order valence-electron chi connectivity index (χ0n) is 11.0. The van der Waals surface area contributed by atoms with Crippen LogP contribution in [0.15, 0.2) is 18.2 Å². The third-order valence-electron chi connectivity index (χ3n) is 3.66. The van der Waals surface area contributed by atoms with Gasteiger partial charge in [-0.25, -0.2) is 4.39 Å². The van der Waals surface area contributed by atoms with E-state index in [1.54, 1.807) is 0 Å². The SMILES string of the molecule is OCCCC1CCCN1c1ccc(C(F)(F)F)cc1F. The van der Waals surface area contributed by atoms with Crippen LogP contribution < -0.4 is 4.90 Å². The molecule has 1 aliphatic heterocycles. The summed E-state index contributed by atoms with van der Waals surface area (Å²) in [6.45, 7) is 0.707. The van der Waals surface area contributed by atoms with E-state index in [9.17, 15) is 17.6 Å². The van der Waals surface area contributed by atoms with E-state index in [1.807, 2.05) is 4.90 Å². The van der Waals surface area contributed by atoms with Crippen LogP contribution in [0.25, 0.3) is 0 Å². The Kier molecular flexibility index (Phi) is 4.52. The maximum atomic E-state index is 13.9. The summed E-state index contributed by atoms with van der Waals surface area (Å²) in [6, 6.07) is 2.76. The van der Waals surface area contributed by atoms with Gasteiger partial charge in [0.15, 0.2) is 0 Å². The molecule has 1 aliphatic rings. The fraction of sp³-hybridized carbons (Fsp3) is 0.571. The fourth-order valence-electron chi connectivity index (χ4n) is 2.70. The number of benzene rings is 1. The Morgan fingerprint density at radius 3 is 2.65 bits per heavy atom. The standard InChI is InChI=1S/C14H17F4NO/c15-12-9-10(14(16,17)18)5-6-13(12)19-7-1-3-11(19)4-2-8-20/h5-6,9,11,20H,1-4,7-8H2. The average molecular weight is 291 g/mol. The van der Waals surface area contributed by atoms with Gasteiger partial charge >= 0.3 is 6.18 Å². The summed E-state index contributed by atoms with van der Waals surface area (Å²) in [5.74, 6) is -0.837. The Balaban J connectivity index is 2.20. The monoisotopic (exact) mass is 291 g/mol. The van der Waals surface area contributed by atoms with Gasteiger partial charge in [-0.1, -0.05) is 0 Å². The van der Waals surface area contributed by atoms with E-state index in [2.05, 4.69) is 0 Å². The normalized spacial score (nSPS) is 19.6. The zero-order chi connectivity index (χ0) is 14.8. The molecule has 0 bridgehead atoms. The van der Waals surface area contributed by atoms with E-state index >= 15 is 0 Å². The highest BCUT2D eigenvalue weighted by Crippen LogP contribution is 2.35. The third-order valence-corrected chi connectivity index (χ3v) is 3.66. The predicted octanol–water partition coefficient (Wildman–Crippen LogP) is 3.59. The van der Waals surface area contributed by atoms with Crippen molar-refractivity contribution in [2.75, 3.05) is 18.1 Å². The van der Waals surface area contributed by atoms with Crippen LogP contribution >= 0.6 is 0 Å². The average Bonchev–Trinajstić information content (AvgIpc) is 2.83. The first kappa shape index (κ1) is 15.1. The van der Waals surface area contributed by atoms with Gasteiger partial charge in [0.1, 0.15) is 5.82 Å². The number of aliphatic hydroxyl groups excluding tert-OH is 1. The Hall–Kier alpha value is -1.30. The first-order valence-electron chi connectivity index (χ1n) is 6.67. The molecule has 0 amide bonds. The molecule has 1 fully saturated rings. The summed E-state index contributed by atoms with van der Waals surface area (Å²) in [7, 11) is 0. The van der Waals surface area contributed by atoms with Gasteiger partial charge in [0.25, 0.3) is 0 Å². The van der Waals surface area contributed by atoms with Gasteiger partial charge in [0, 0.05) is 19.2 Å². The molecule has 1 unspecified atom stereocenters. The largest absolute Gasteiger partial charge is 0.416 e. The molecule has 1 saturated heterocycles. The first-order valence-corrected chi connectivity index (χ1v) is 6.67. The summed E-state index contributed by atoms with van der Waals surface area (Å²) in [5, 5.41) is 8.85. The minimum absolute atomic E-state index is 0.0693. The quantitative estimate of drug-likeness (QED) is 0.857. The van der Waals surface area contributed by atoms with E-state index in [4.69, 9.17) is 5.11 Å². The maximum Gasteiger partial charge on any atom is 0.416 e. The Morgan fingerprint density at radius 2 is 2.05 bits per heavy atom. The zero-order valence-corrected chi connectivity index (χ0v) is 11.0. The van der Waals surface area contributed by atoms with Crippen LogP contribution in [0.1, 0.15) is 31.2 Å². The van der Waals surface area contributed by atoms with Crippen LogP contribution in [0.5, 0.6) is 0 Å². The van der Waals surface area contributed by atoms with Crippen LogP contribution in [0.2, 0.25) is 0 Å². The smallest absolute Gasteiger partial charge is 0.396 e. The molecule has 1 aromatic rings. The van der Waals surface area contributed by atoms with Gasteiger partial charge in [0.2, 0.25) is 0 Å². The predicted molar refractivity (Wildman–Crippen MR) is 68.1 cm³/mol. The summed E-state index contributed by atoms with van der Waals surface area (Å²) < 4.78 is 51.5. The van der Waals surface area contributed by atoms with E-state index in [0.29, 0.717) is 19.0 Å². The molecule has 1 heterocycles. The number of aliphatic hydroxyl groups is 1. The molecule has 0 saturated carbocycles. The number of anilines is 1. The molecule has 0 radical (unpaired) electrons. The fourth-order valence-corrected chi connectivity index (χ4v) is 2.70. The number of hydrogen-bond donors (Lipinski definition) is 1. The molecular weight excluding hydrogens is 274 g/mol. The topological polar surface area (TPSA) is 23.5 Å². The van der Waals surface area contributed by atoms with Crippen LogP contribution in [0.4, 0.5) is 23.2 Å². The third kappa shape index (κ3) is 3.23. The second-order valence-electron chi connectivity index (χ2n) is 5.02.